The Morgan fingerprint density at radius 2 is 2.00 bits per heavy atom. The van der Waals surface area contributed by atoms with Crippen LogP contribution in [0.25, 0.3) is 0 Å². The zero-order valence-corrected chi connectivity index (χ0v) is 15.0. The number of nitrogens with one attached hydrogen (secondary N) is 3. The molecular formula is C16H24F2N4O4. The van der Waals surface area contributed by atoms with E-state index in [4.69, 9.17) is 9.47 Å². The van der Waals surface area contributed by atoms with E-state index >= 15 is 0 Å². The van der Waals surface area contributed by atoms with Crippen LogP contribution in [0.5, 0.6) is 11.5 Å². The summed E-state index contributed by atoms with van der Waals surface area (Å²) in [5, 5.41) is 8.40. The molecule has 0 aliphatic heterocycles. The van der Waals surface area contributed by atoms with Crippen molar-refractivity contribution in [2.24, 2.45) is 4.99 Å². The van der Waals surface area contributed by atoms with Crippen LogP contribution in [0.1, 0.15) is 5.56 Å². The van der Waals surface area contributed by atoms with Gasteiger partial charge < -0.3 is 30.2 Å². The molecule has 0 radical (unpaired) electrons. The standard InChI is InChI=1S/C16H24F2N4O4/c1-19-16(22-10-14(23)20-6-7-24-2)21-9-11-8-12(25-3)4-5-13(11)26-15(17)18/h4-5,8,15H,6-7,9-10H2,1-3H3,(H,20,23)(H2,19,21,22). The van der Waals surface area contributed by atoms with E-state index in [1.807, 2.05) is 0 Å². The van der Waals surface area contributed by atoms with Gasteiger partial charge in [0.1, 0.15) is 11.5 Å². The van der Waals surface area contributed by atoms with Crippen molar-refractivity contribution >= 4 is 11.9 Å². The molecule has 10 heteroatoms. The van der Waals surface area contributed by atoms with E-state index in [2.05, 4.69) is 25.7 Å². The molecule has 0 atom stereocenters. The van der Waals surface area contributed by atoms with E-state index < -0.39 is 6.61 Å². The second-order valence-electron chi connectivity index (χ2n) is 4.97. The van der Waals surface area contributed by atoms with Crippen molar-refractivity contribution in [2.45, 2.75) is 13.2 Å². The van der Waals surface area contributed by atoms with Crippen LogP contribution in [-0.4, -0.2) is 59.4 Å². The number of hydrogen-bond donors (Lipinski definition) is 3. The van der Waals surface area contributed by atoms with Gasteiger partial charge in [-0.05, 0) is 18.2 Å². The maximum Gasteiger partial charge on any atom is 0.387 e. The van der Waals surface area contributed by atoms with Gasteiger partial charge >= 0.3 is 6.61 Å². The highest BCUT2D eigenvalue weighted by molar-refractivity contribution is 5.86. The number of guanidine groups is 1. The summed E-state index contributed by atoms with van der Waals surface area (Å²) >= 11 is 0. The molecule has 0 heterocycles. The van der Waals surface area contributed by atoms with Gasteiger partial charge in [-0.25, -0.2) is 0 Å². The molecule has 8 nitrogen and oxygen atoms in total. The fraction of sp³-hybridized carbons (Fsp3) is 0.500. The number of hydrogen-bond acceptors (Lipinski definition) is 5. The van der Waals surface area contributed by atoms with Crippen LogP contribution < -0.4 is 25.4 Å². The van der Waals surface area contributed by atoms with Gasteiger partial charge in [-0.15, -0.1) is 0 Å². The minimum absolute atomic E-state index is 0.00187. The van der Waals surface area contributed by atoms with Crippen LogP contribution in [0.3, 0.4) is 0 Å². The van der Waals surface area contributed by atoms with Crippen molar-refractivity contribution in [2.75, 3.05) is 41.0 Å². The van der Waals surface area contributed by atoms with Gasteiger partial charge in [-0.3, -0.25) is 9.79 Å². The molecule has 1 rings (SSSR count). The monoisotopic (exact) mass is 374 g/mol. The van der Waals surface area contributed by atoms with Crippen molar-refractivity contribution in [1.82, 2.24) is 16.0 Å². The summed E-state index contributed by atoms with van der Waals surface area (Å²) in [5.41, 5.74) is 0.456. The second-order valence-corrected chi connectivity index (χ2v) is 4.97. The molecule has 0 spiro atoms. The molecule has 0 fully saturated rings. The maximum absolute atomic E-state index is 12.5. The lowest BCUT2D eigenvalue weighted by atomic mass is 10.2. The Labute approximate surface area is 150 Å². The molecule has 0 unspecified atom stereocenters. The van der Waals surface area contributed by atoms with Gasteiger partial charge in [-0.1, -0.05) is 0 Å². The van der Waals surface area contributed by atoms with Gasteiger partial charge in [0.25, 0.3) is 0 Å². The Hall–Kier alpha value is -2.62. The number of benzene rings is 1. The summed E-state index contributed by atoms with van der Waals surface area (Å²) in [5.74, 6) is 0.635. The predicted octanol–water partition coefficient (Wildman–Crippen LogP) is 0.724. The number of ether oxygens (including phenoxy) is 3. The molecule has 1 aromatic rings. The first kappa shape index (κ1) is 21.4. The zero-order chi connectivity index (χ0) is 19.4. The number of amides is 1. The number of halogens is 2. The number of rotatable bonds is 10. The summed E-state index contributed by atoms with van der Waals surface area (Å²) in [7, 11) is 4.55. The third kappa shape index (κ3) is 7.97. The number of aliphatic imine (C=N–C) groups is 1. The summed E-state index contributed by atoms with van der Waals surface area (Å²) in [6.45, 7) is -1.97. The predicted molar refractivity (Wildman–Crippen MR) is 92.7 cm³/mol. The van der Waals surface area contributed by atoms with Crippen LogP contribution in [-0.2, 0) is 16.1 Å². The van der Waals surface area contributed by atoms with Crippen molar-refractivity contribution < 1.29 is 27.8 Å². The second kappa shape index (κ2) is 11.9. The Bertz CT molecular complexity index is 600. The topological polar surface area (TPSA) is 93.2 Å². The molecule has 1 amide bonds. The lowest BCUT2D eigenvalue weighted by molar-refractivity contribution is -0.120. The number of carbonyl (C=O) groups excluding carboxylic acids is 1. The Morgan fingerprint density at radius 3 is 2.62 bits per heavy atom. The highest BCUT2D eigenvalue weighted by atomic mass is 19.3. The van der Waals surface area contributed by atoms with E-state index in [0.29, 0.717) is 30.4 Å². The van der Waals surface area contributed by atoms with Gasteiger partial charge in [0.2, 0.25) is 5.91 Å². The normalized spacial score (nSPS) is 11.2. The fourth-order valence-corrected chi connectivity index (χ4v) is 1.95. The van der Waals surface area contributed by atoms with E-state index in [1.54, 1.807) is 13.2 Å². The number of alkyl halides is 2. The molecule has 3 N–H and O–H groups in total. The Kier molecular flexibility index (Phi) is 9.77. The molecule has 146 valence electrons. The summed E-state index contributed by atoms with van der Waals surface area (Å²) in [4.78, 5) is 15.6. The van der Waals surface area contributed by atoms with Crippen molar-refractivity contribution in [3.05, 3.63) is 23.8 Å². The number of methoxy groups -OCH3 is 2. The van der Waals surface area contributed by atoms with Crippen molar-refractivity contribution in [3.63, 3.8) is 0 Å². The van der Waals surface area contributed by atoms with Crippen LogP contribution in [0.15, 0.2) is 23.2 Å². The maximum atomic E-state index is 12.5. The quantitative estimate of drug-likeness (QED) is 0.318. The third-order valence-corrected chi connectivity index (χ3v) is 3.20. The Morgan fingerprint density at radius 1 is 1.23 bits per heavy atom. The zero-order valence-electron chi connectivity index (χ0n) is 15.0. The average Bonchev–Trinajstić information content (AvgIpc) is 2.62. The molecule has 0 aliphatic carbocycles. The van der Waals surface area contributed by atoms with Crippen LogP contribution in [0, 0.1) is 0 Å². The molecule has 0 saturated carbocycles. The largest absolute Gasteiger partial charge is 0.497 e. The van der Waals surface area contributed by atoms with Crippen LogP contribution in [0.2, 0.25) is 0 Å². The van der Waals surface area contributed by atoms with Crippen LogP contribution in [0.4, 0.5) is 8.78 Å². The van der Waals surface area contributed by atoms with E-state index in [-0.39, 0.29) is 24.7 Å². The van der Waals surface area contributed by atoms with Gasteiger partial charge in [0.05, 0.1) is 20.3 Å². The smallest absolute Gasteiger partial charge is 0.387 e. The van der Waals surface area contributed by atoms with Gasteiger partial charge in [0.15, 0.2) is 5.96 Å². The first-order valence-corrected chi connectivity index (χ1v) is 7.82. The summed E-state index contributed by atoms with van der Waals surface area (Å²) in [6, 6.07) is 4.51. The van der Waals surface area contributed by atoms with Gasteiger partial charge in [0, 0.05) is 32.8 Å². The van der Waals surface area contributed by atoms with E-state index in [1.165, 1.54) is 26.3 Å². The lowest BCUT2D eigenvalue weighted by Gasteiger charge is -2.15. The molecular weight excluding hydrogens is 350 g/mol. The van der Waals surface area contributed by atoms with Crippen molar-refractivity contribution in [1.29, 1.82) is 0 Å². The fourth-order valence-electron chi connectivity index (χ4n) is 1.95. The minimum atomic E-state index is -2.93. The highest BCUT2D eigenvalue weighted by Crippen LogP contribution is 2.25. The summed E-state index contributed by atoms with van der Waals surface area (Å²) < 4.78 is 39.5. The van der Waals surface area contributed by atoms with Crippen LogP contribution >= 0.6 is 0 Å². The lowest BCUT2D eigenvalue weighted by Crippen LogP contribution is -2.43. The number of carbonyl (C=O) groups is 1. The Balaban J connectivity index is 2.60. The number of nitrogens with zero attached hydrogens (tertiary/aromatic N) is 1. The first-order chi connectivity index (χ1) is 12.5. The molecule has 26 heavy (non-hydrogen) atoms. The molecule has 1 aromatic carbocycles. The minimum Gasteiger partial charge on any atom is -0.497 e. The van der Waals surface area contributed by atoms with Gasteiger partial charge in [-0.2, -0.15) is 8.78 Å². The summed E-state index contributed by atoms with van der Waals surface area (Å²) in [6.07, 6.45) is 0. The van der Waals surface area contributed by atoms with E-state index in [0.717, 1.165) is 0 Å². The molecule has 0 saturated heterocycles. The first-order valence-electron chi connectivity index (χ1n) is 7.82. The highest BCUT2D eigenvalue weighted by Gasteiger charge is 2.12. The van der Waals surface area contributed by atoms with E-state index in [9.17, 15) is 13.6 Å². The van der Waals surface area contributed by atoms with Crippen molar-refractivity contribution in [3.8, 4) is 11.5 Å². The SMILES string of the molecule is CN=C(NCC(=O)NCCOC)NCc1cc(OC)ccc1OC(F)F. The third-order valence-electron chi connectivity index (χ3n) is 3.20. The average molecular weight is 374 g/mol. The molecule has 0 bridgehead atoms. The molecule has 0 aliphatic rings. The molecule has 0 aromatic heterocycles.